The number of nitrogens with one attached hydrogen (secondary N) is 2. The molecule has 0 heterocycles. The Morgan fingerprint density at radius 1 is 0.500 bits per heavy atom. The molecule has 0 aliphatic carbocycles. The predicted octanol–water partition coefficient (Wildman–Crippen LogP) is -15.2. The molecule has 323 valence electrons. The van der Waals surface area contributed by atoms with Gasteiger partial charge >= 0.3 is 187 Å². The third kappa shape index (κ3) is 22.3. The van der Waals surface area contributed by atoms with Crippen LogP contribution in [0, 0.1) is 0 Å². The summed E-state index contributed by atoms with van der Waals surface area (Å²) in [5, 5.41) is 65.3. The zero-order valence-electron chi connectivity index (χ0n) is 35.3. The Kier molecular flexibility index (Phi) is 33.9. The minimum atomic E-state index is -5.47. The number of anilines is 2. The summed E-state index contributed by atoms with van der Waals surface area (Å²) in [6.45, 7) is 1.90. The van der Waals surface area contributed by atoms with Crippen molar-refractivity contribution in [2.24, 2.45) is 20.5 Å². The van der Waals surface area contributed by atoms with Gasteiger partial charge < -0.3 is 49.3 Å². The Bertz CT molecular complexity index is 2730. The van der Waals surface area contributed by atoms with Crippen LogP contribution in [-0.2, 0) is 67.4 Å². The van der Waals surface area contributed by atoms with E-state index in [2.05, 4.69) is 31.1 Å². The van der Waals surface area contributed by atoms with Crippen LogP contribution in [0.4, 0.5) is 22.7 Å². The summed E-state index contributed by atoms with van der Waals surface area (Å²) in [4.78, 5) is 18.9. The summed E-state index contributed by atoms with van der Waals surface area (Å²) in [7, 11) is -21.5. The number of hydrogen-bond acceptors (Lipinski definition) is 22. The monoisotopic (exact) mass is 1090 g/mol. The van der Waals surface area contributed by atoms with Gasteiger partial charge in [0.15, 0.2) is 0 Å². The van der Waals surface area contributed by atoms with Gasteiger partial charge in [-0.3, -0.25) is 9.59 Å². The van der Waals surface area contributed by atoms with E-state index >= 15 is 0 Å². The number of carbonyl (C=O) groups is 2. The van der Waals surface area contributed by atoms with Gasteiger partial charge in [0.25, 0.3) is 11.8 Å². The molecule has 0 aliphatic rings. The van der Waals surface area contributed by atoms with Crippen LogP contribution in [0.3, 0.4) is 0 Å². The van der Waals surface area contributed by atoms with Gasteiger partial charge in [-0.05, 0) is 48.5 Å². The van der Waals surface area contributed by atoms with E-state index in [-0.39, 0.29) is 199 Å². The second kappa shape index (κ2) is 31.1. The van der Waals surface area contributed by atoms with Crippen LogP contribution in [0.15, 0.2) is 148 Å². The maximum Gasteiger partial charge on any atom is 3.00 e. The number of hydrogen-bond donors (Lipinski definition) is 2. The Hall–Kier alpha value is -0.491. The number of allylic oxidation sites excluding steroid dienone is 2. The molecule has 66 heavy (non-hydrogen) atoms. The third-order valence-corrected chi connectivity index (χ3v) is 10.1. The molecule has 0 fully saturated rings. The number of para-hydroxylation sites is 2. The first kappa shape index (κ1) is 72.1. The minimum absolute atomic E-state index is 0. The van der Waals surface area contributed by atoms with E-state index in [1.807, 2.05) is 0 Å². The van der Waals surface area contributed by atoms with Crippen LogP contribution in [0.1, 0.15) is 13.8 Å². The first-order valence-corrected chi connectivity index (χ1v) is 21.1. The fourth-order valence-electron chi connectivity index (χ4n) is 4.12. The third-order valence-electron chi connectivity index (χ3n) is 6.81. The van der Waals surface area contributed by atoms with E-state index in [4.69, 9.17) is 0 Å². The zero-order valence-corrected chi connectivity index (χ0v) is 50.9. The van der Waals surface area contributed by atoms with Crippen molar-refractivity contribution in [2.75, 3.05) is 10.6 Å². The summed E-state index contributed by atoms with van der Waals surface area (Å²) in [6, 6.07) is 16.6. The maximum absolute atomic E-state index is 12.2. The van der Waals surface area contributed by atoms with E-state index < -0.39 is 118 Å². The molecule has 0 aliphatic heterocycles. The van der Waals surface area contributed by atoms with Crippen molar-refractivity contribution in [3.05, 3.63) is 108 Å². The van der Waals surface area contributed by atoms with Crippen molar-refractivity contribution >= 4 is 75.0 Å². The van der Waals surface area contributed by atoms with Crippen molar-refractivity contribution < 1.29 is 269 Å². The summed E-state index contributed by atoms with van der Waals surface area (Å²) in [6.07, 6.45) is 0. The molecule has 34 heteroatoms. The summed E-state index contributed by atoms with van der Waals surface area (Å²) < 4.78 is 134. The Morgan fingerprint density at radius 2 is 0.773 bits per heavy atom. The molecule has 0 unspecified atom stereocenters. The van der Waals surface area contributed by atoms with Crippen LogP contribution in [0.2, 0.25) is 0 Å². The van der Waals surface area contributed by atoms with Crippen molar-refractivity contribution in [3.63, 3.8) is 0 Å². The SMILES string of the molecule is C/C([O-])=C(/N=Nc1cc(S(=O)(=O)[O-])cc(S(=O)(=O)[O-])c1[O-])C(=O)Nc1ccccc1.C/C([O-])=C(/N=Nc1cc(S(=O)(=O)[O-])cc(S(=O)(=O)[O-])c1[O-])C(=O)Nc1ccccc1.[Cr+3].[K+].[Na+].[Na+].[Na+].[Na+]. The summed E-state index contributed by atoms with van der Waals surface area (Å²) in [5.41, 5.74) is -3.15. The number of rotatable bonds is 12. The van der Waals surface area contributed by atoms with Crippen molar-refractivity contribution in [3.8, 4) is 11.5 Å². The molecule has 0 aromatic heterocycles. The van der Waals surface area contributed by atoms with Gasteiger partial charge in [0.2, 0.25) is 0 Å². The molecule has 1 radical (unpaired) electrons. The maximum atomic E-state index is 12.2. The molecule has 0 saturated carbocycles. The number of azo groups is 2. The minimum Gasteiger partial charge on any atom is -0.874 e. The fraction of sp³-hybridized carbons (Fsp3) is 0.0625. The standard InChI is InChI=1S/2C16H15N3O9S2.Cr.K.4Na/c2*1-9(20)14(16(22)17-10-5-3-2-4-6-10)19-18-12-7-11(29(23,24)25)8-13(15(12)21)30(26,27)28;;;;;;/h2*2-8,20-21H,1H3,(H,17,22)(H,23,24,25)(H,26,27,28);;;;;;/q;;+3;5*+1/p-8/b2*14-9-,19-18?;;;;;;. The normalized spacial score (nSPS) is 12.0. The molecule has 0 atom stereocenters. The van der Waals surface area contributed by atoms with Gasteiger partial charge in [0.1, 0.15) is 51.9 Å². The molecular formula is C32H22CrKN6Na4O18S4. The molecule has 24 nitrogen and oxygen atoms in total. The molecular weight excluding hydrogens is 1070 g/mol. The molecule has 2 amide bonds. The fourth-order valence-corrected chi connectivity index (χ4v) is 6.51. The first-order valence-electron chi connectivity index (χ1n) is 15.5. The number of amides is 2. The quantitative estimate of drug-likeness (QED) is 0.0437. The van der Waals surface area contributed by atoms with E-state index in [1.54, 1.807) is 36.4 Å². The molecule has 2 N–H and O–H groups in total. The van der Waals surface area contributed by atoms with Gasteiger partial charge in [0, 0.05) is 21.2 Å². The smallest absolute Gasteiger partial charge is 0.874 e. The molecule has 0 spiro atoms. The van der Waals surface area contributed by atoms with Gasteiger partial charge in [0.05, 0.1) is 21.2 Å². The predicted molar refractivity (Wildman–Crippen MR) is 188 cm³/mol. The second-order valence-electron chi connectivity index (χ2n) is 11.2. The van der Waals surface area contributed by atoms with Gasteiger partial charge in [-0.25, -0.2) is 33.7 Å². The Morgan fingerprint density at radius 3 is 1.00 bits per heavy atom. The largest absolute Gasteiger partial charge is 3.00 e. The van der Waals surface area contributed by atoms with Crippen LogP contribution in [-0.4, -0.2) is 63.7 Å². The topological polar surface area (TPSA) is 429 Å². The second-order valence-corrected chi connectivity index (χ2v) is 16.7. The summed E-state index contributed by atoms with van der Waals surface area (Å²) >= 11 is 0. The Labute approximate surface area is 519 Å². The van der Waals surface area contributed by atoms with Crippen LogP contribution >= 0.6 is 0 Å². The van der Waals surface area contributed by atoms with Crippen LogP contribution in [0.25, 0.3) is 0 Å². The molecule has 4 aromatic rings. The molecule has 0 saturated heterocycles. The van der Waals surface area contributed by atoms with Crippen molar-refractivity contribution in [2.45, 2.75) is 33.4 Å². The first-order chi connectivity index (χ1) is 27.6. The summed E-state index contributed by atoms with van der Waals surface area (Å²) in [5.74, 6) is -6.99. The van der Waals surface area contributed by atoms with Gasteiger partial charge in [-0.1, -0.05) is 61.7 Å². The average molecular weight is 1090 g/mol. The van der Waals surface area contributed by atoms with Crippen molar-refractivity contribution in [1.29, 1.82) is 0 Å². The molecule has 4 aromatic carbocycles. The van der Waals surface area contributed by atoms with Gasteiger partial charge in [-0.2, -0.15) is 10.2 Å². The number of carbonyl (C=O) groups excluding carboxylic acids is 2. The van der Waals surface area contributed by atoms with Gasteiger partial charge in [-0.15, -0.1) is 21.7 Å². The van der Waals surface area contributed by atoms with Crippen LogP contribution in [0.5, 0.6) is 11.5 Å². The Balaban J connectivity index is -0.000000534. The van der Waals surface area contributed by atoms with Crippen molar-refractivity contribution in [1.82, 2.24) is 0 Å². The number of benzene rings is 4. The van der Waals surface area contributed by atoms with E-state index in [9.17, 15) is 81.9 Å². The molecule has 0 bridgehead atoms. The number of nitrogens with zero attached hydrogens (tertiary/aromatic N) is 4. The van der Waals surface area contributed by atoms with E-state index in [0.29, 0.717) is 23.5 Å². The van der Waals surface area contributed by atoms with Crippen LogP contribution < -0.4 is 201 Å². The molecule has 4 rings (SSSR count). The zero-order chi connectivity index (χ0) is 45.4. The average Bonchev–Trinajstić information content (AvgIpc) is 3.12. The van der Waals surface area contributed by atoms with E-state index in [0.717, 1.165) is 13.8 Å². The van der Waals surface area contributed by atoms with E-state index in [1.165, 1.54) is 24.3 Å².